The predicted octanol–water partition coefficient (Wildman–Crippen LogP) is 12.7. The largest absolute Gasteiger partial charge is 0.299 e. The van der Waals surface area contributed by atoms with Gasteiger partial charge in [0.2, 0.25) is 0 Å². The zero-order valence-electron chi connectivity index (χ0n) is 30.6. The molecule has 0 aliphatic carbocycles. The maximum atomic E-state index is 5.17. The fourth-order valence-corrected chi connectivity index (χ4v) is 7.30. The molecule has 5 heteroatoms. The number of nitrogens with zero attached hydrogens (tertiary/aromatic N) is 5. The van der Waals surface area contributed by atoms with Gasteiger partial charge < -0.3 is 0 Å². The first-order chi connectivity index (χ1) is 27.2. The fourth-order valence-electron chi connectivity index (χ4n) is 7.30. The van der Waals surface area contributed by atoms with E-state index in [4.69, 9.17) is 19.9 Å². The van der Waals surface area contributed by atoms with Gasteiger partial charge in [-0.1, -0.05) is 146 Å². The quantitative estimate of drug-likeness (QED) is 0.148. The molecule has 0 aliphatic heterocycles. The third-order valence-corrected chi connectivity index (χ3v) is 9.92. The van der Waals surface area contributed by atoms with Crippen LogP contribution in [0.25, 0.3) is 89.5 Å². The summed E-state index contributed by atoms with van der Waals surface area (Å²) < 4.78 is 2.17. The van der Waals surface area contributed by atoms with Crippen molar-refractivity contribution in [1.82, 2.24) is 24.3 Å². The van der Waals surface area contributed by atoms with Gasteiger partial charge in [0, 0.05) is 34.0 Å². The molecule has 0 N–H and O–H groups in total. The monoisotopic (exact) mass is 707 g/mol. The lowest BCUT2D eigenvalue weighted by Crippen LogP contribution is -2.02. The lowest BCUT2D eigenvalue weighted by Gasteiger charge is -2.14. The first-order valence-corrected chi connectivity index (χ1v) is 18.5. The molecule has 5 nitrogen and oxygen atoms in total. The third kappa shape index (κ3) is 6.53. The second kappa shape index (κ2) is 14.6. The van der Waals surface area contributed by atoms with Gasteiger partial charge in [-0.3, -0.25) is 4.40 Å². The lowest BCUT2D eigenvalue weighted by atomic mass is 9.92. The average molecular weight is 708 g/mol. The summed E-state index contributed by atoms with van der Waals surface area (Å²) in [6.07, 6.45) is 8.18. The van der Waals surface area contributed by atoms with E-state index in [-0.39, 0.29) is 0 Å². The molecule has 9 aromatic rings. The fraction of sp³-hybridized carbons (Fsp3) is 0.0400. The number of rotatable bonds is 8. The molecular formula is C50H37N5. The number of aromatic nitrogens is 5. The van der Waals surface area contributed by atoms with Crippen LogP contribution in [0.3, 0.4) is 0 Å². The van der Waals surface area contributed by atoms with E-state index in [0.29, 0.717) is 17.5 Å². The van der Waals surface area contributed by atoms with Crippen molar-refractivity contribution in [2.24, 2.45) is 0 Å². The Morgan fingerprint density at radius 2 is 1.11 bits per heavy atom. The van der Waals surface area contributed by atoms with Gasteiger partial charge in [0.1, 0.15) is 5.65 Å². The van der Waals surface area contributed by atoms with Crippen LogP contribution in [0.1, 0.15) is 19.7 Å². The van der Waals surface area contributed by atoms with Gasteiger partial charge in [-0.15, -0.1) is 0 Å². The Morgan fingerprint density at radius 1 is 0.491 bits per heavy atom. The molecule has 3 aromatic heterocycles. The zero-order valence-corrected chi connectivity index (χ0v) is 30.6. The summed E-state index contributed by atoms with van der Waals surface area (Å²) >= 11 is 0. The molecule has 0 aliphatic rings. The summed E-state index contributed by atoms with van der Waals surface area (Å²) in [7, 11) is 0. The van der Waals surface area contributed by atoms with Crippen molar-refractivity contribution >= 4 is 22.0 Å². The first-order valence-electron chi connectivity index (χ1n) is 18.5. The Morgan fingerprint density at radius 3 is 1.91 bits per heavy atom. The van der Waals surface area contributed by atoms with Gasteiger partial charge >= 0.3 is 0 Å². The molecule has 0 fully saturated rings. The summed E-state index contributed by atoms with van der Waals surface area (Å²) in [6.45, 7) is 4.02. The molecule has 0 bridgehead atoms. The predicted molar refractivity (Wildman–Crippen MR) is 227 cm³/mol. The van der Waals surface area contributed by atoms with E-state index >= 15 is 0 Å². The van der Waals surface area contributed by atoms with Crippen LogP contribution < -0.4 is 0 Å². The first kappa shape index (κ1) is 33.6. The van der Waals surface area contributed by atoms with Crippen LogP contribution in [0.5, 0.6) is 0 Å². The Balaban J connectivity index is 1.27. The van der Waals surface area contributed by atoms with Crippen molar-refractivity contribution in [3.05, 3.63) is 194 Å². The maximum absolute atomic E-state index is 5.17. The van der Waals surface area contributed by atoms with Crippen molar-refractivity contribution in [1.29, 1.82) is 0 Å². The molecule has 0 saturated heterocycles. The van der Waals surface area contributed by atoms with E-state index in [1.54, 1.807) is 0 Å². The van der Waals surface area contributed by atoms with Crippen LogP contribution in [0.2, 0.25) is 0 Å². The molecule has 9 rings (SSSR count). The number of benzene rings is 6. The summed E-state index contributed by atoms with van der Waals surface area (Å²) in [4.78, 5) is 20.4. The van der Waals surface area contributed by atoms with E-state index < -0.39 is 0 Å². The van der Waals surface area contributed by atoms with E-state index in [9.17, 15) is 0 Å². The molecule has 3 heterocycles. The van der Waals surface area contributed by atoms with Gasteiger partial charge in [0.25, 0.3) is 0 Å². The van der Waals surface area contributed by atoms with Crippen molar-refractivity contribution in [2.45, 2.75) is 13.8 Å². The number of imidazole rings is 1. The number of pyridine rings is 1. The van der Waals surface area contributed by atoms with E-state index in [1.807, 2.05) is 74.5 Å². The minimum Gasteiger partial charge on any atom is -0.299 e. The molecule has 6 aromatic carbocycles. The zero-order chi connectivity index (χ0) is 37.1. The van der Waals surface area contributed by atoms with Crippen LogP contribution in [0.15, 0.2) is 188 Å². The van der Waals surface area contributed by atoms with Crippen LogP contribution in [-0.4, -0.2) is 24.3 Å². The second-order valence-corrected chi connectivity index (χ2v) is 13.4. The Hall–Kier alpha value is -7.24. The smallest absolute Gasteiger partial charge is 0.164 e. The number of fused-ring (bicyclic) bond motifs is 2. The highest BCUT2D eigenvalue weighted by Crippen LogP contribution is 2.38. The summed E-state index contributed by atoms with van der Waals surface area (Å²) in [5, 5.41) is 2.37. The van der Waals surface area contributed by atoms with Crippen molar-refractivity contribution in [3.63, 3.8) is 0 Å². The highest BCUT2D eigenvalue weighted by Gasteiger charge is 2.19. The Bertz CT molecular complexity index is 2880. The Labute approximate surface area is 320 Å². The van der Waals surface area contributed by atoms with Crippen LogP contribution in [0, 0.1) is 0 Å². The van der Waals surface area contributed by atoms with Gasteiger partial charge in [0.15, 0.2) is 17.5 Å². The molecule has 0 spiro atoms. The van der Waals surface area contributed by atoms with Gasteiger partial charge in [0.05, 0.1) is 11.4 Å². The minimum atomic E-state index is 0.610. The van der Waals surface area contributed by atoms with Crippen LogP contribution in [0.4, 0.5) is 0 Å². The molecule has 0 unspecified atom stereocenters. The summed E-state index contributed by atoms with van der Waals surface area (Å²) in [5.41, 5.74) is 12.2. The van der Waals surface area contributed by atoms with Gasteiger partial charge in [-0.05, 0) is 83.3 Å². The highest BCUT2D eigenvalue weighted by molar-refractivity contribution is 5.98. The van der Waals surface area contributed by atoms with Gasteiger partial charge in [-0.2, -0.15) is 0 Å². The average Bonchev–Trinajstić information content (AvgIpc) is 3.65. The Kier molecular flexibility index (Phi) is 8.94. The number of hydrogen-bond acceptors (Lipinski definition) is 4. The van der Waals surface area contributed by atoms with Crippen LogP contribution >= 0.6 is 0 Å². The normalized spacial score (nSPS) is 11.9. The van der Waals surface area contributed by atoms with E-state index in [2.05, 4.69) is 132 Å². The standard InChI is InChI=1S/C50H37N5/c1-3-17-34(4-2)48-52-49(37-21-9-6-10-22-37)54-50(53-48)42-32-40(31-41(33-42)44-27-16-23-35-18-11-12-26-43(35)44)38-24-15-25-39(30-38)46-47(36-19-7-5-8-20-36)55-29-14-13-28-45(55)51-46/h3-33H,1-2H3/b17-3-,34-4+. The van der Waals surface area contributed by atoms with Crippen molar-refractivity contribution in [3.8, 4) is 67.5 Å². The molecular weight excluding hydrogens is 671 g/mol. The van der Waals surface area contributed by atoms with Gasteiger partial charge in [-0.25, -0.2) is 19.9 Å². The highest BCUT2D eigenvalue weighted by atomic mass is 15.0. The topological polar surface area (TPSA) is 56.0 Å². The second-order valence-electron chi connectivity index (χ2n) is 13.4. The summed E-state index contributed by atoms with van der Waals surface area (Å²) in [5.74, 6) is 1.87. The van der Waals surface area contributed by atoms with Crippen molar-refractivity contribution in [2.75, 3.05) is 0 Å². The SMILES string of the molecule is C/C=C\C(=C/C)c1nc(-c2ccccc2)nc(-c2cc(-c3cccc(-c4nc5ccccn5c4-c4ccccc4)c3)cc(-c3cccc4ccccc34)c2)n1. The number of allylic oxidation sites excluding steroid dienone is 4. The molecule has 262 valence electrons. The maximum Gasteiger partial charge on any atom is 0.164 e. The van der Waals surface area contributed by atoms with E-state index in [1.165, 1.54) is 10.8 Å². The molecule has 55 heavy (non-hydrogen) atoms. The van der Waals surface area contributed by atoms with Crippen molar-refractivity contribution < 1.29 is 0 Å². The molecule has 0 saturated carbocycles. The summed E-state index contributed by atoms with van der Waals surface area (Å²) in [6, 6.07) is 57.2. The number of hydrogen-bond donors (Lipinski definition) is 0. The molecule has 0 amide bonds. The minimum absolute atomic E-state index is 0.610. The lowest BCUT2D eigenvalue weighted by molar-refractivity contribution is 1.04. The van der Waals surface area contributed by atoms with Crippen LogP contribution in [-0.2, 0) is 0 Å². The third-order valence-electron chi connectivity index (χ3n) is 9.92. The van der Waals surface area contributed by atoms with E-state index in [0.717, 1.165) is 67.1 Å². The molecule has 0 radical (unpaired) electrons. The molecule has 0 atom stereocenters.